The van der Waals surface area contributed by atoms with Gasteiger partial charge in [-0.1, -0.05) is 42.3 Å². The summed E-state index contributed by atoms with van der Waals surface area (Å²) in [5.41, 5.74) is 0.802. The van der Waals surface area contributed by atoms with Crippen molar-refractivity contribution in [2.75, 3.05) is 24.2 Å². The van der Waals surface area contributed by atoms with Crippen LogP contribution in [-0.2, 0) is 26.2 Å². The average molecular weight is 545 g/mol. The van der Waals surface area contributed by atoms with E-state index in [1.54, 1.807) is 31.2 Å². The van der Waals surface area contributed by atoms with Gasteiger partial charge in [0.25, 0.3) is 0 Å². The summed E-state index contributed by atoms with van der Waals surface area (Å²) in [6.07, 6.45) is 1.30. The molecule has 0 aliphatic rings. The number of ether oxygens (including phenoxy) is 1. The molecule has 35 heavy (non-hydrogen) atoms. The molecule has 1 N–H and O–H groups in total. The Hall–Kier alpha value is -2.49. The zero-order valence-corrected chi connectivity index (χ0v) is 22.7. The topological polar surface area (TPSA) is 96.0 Å². The van der Waals surface area contributed by atoms with Crippen LogP contribution in [0.2, 0.25) is 10.0 Å². The molecule has 0 heterocycles. The Bertz CT molecular complexity index is 1160. The number of carbonyl (C=O) groups excluding carboxylic acids is 2. The fourth-order valence-corrected chi connectivity index (χ4v) is 4.83. The number of carbonyl (C=O) groups is 2. The molecule has 0 radical (unpaired) electrons. The molecule has 1 atom stereocenters. The Kier molecular flexibility index (Phi) is 10.2. The lowest BCUT2D eigenvalue weighted by Gasteiger charge is -2.33. The van der Waals surface area contributed by atoms with Gasteiger partial charge in [-0.05, 0) is 56.2 Å². The molecule has 0 aliphatic heterocycles. The predicted molar refractivity (Wildman–Crippen MR) is 140 cm³/mol. The molecule has 2 rings (SSSR count). The van der Waals surface area contributed by atoms with E-state index < -0.39 is 28.5 Å². The number of sulfonamides is 1. The van der Waals surface area contributed by atoms with Crippen LogP contribution in [0, 0.1) is 0 Å². The van der Waals surface area contributed by atoms with Crippen molar-refractivity contribution in [3.05, 3.63) is 58.1 Å². The highest BCUT2D eigenvalue weighted by Crippen LogP contribution is 2.31. The van der Waals surface area contributed by atoms with E-state index in [1.807, 2.05) is 13.8 Å². The predicted octanol–water partition coefficient (Wildman–Crippen LogP) is 4.10. The van der Waals surface area contributed by atoms with Gasteiger partial charge in [-0.15, -0.1) is 0 Å². The zero-order valence-electron chi connectivity index (χ0n) is 20.4. The van der Waals surface area contributed by atoms with Gasteiger partial charge >= 0.3 is 0 Å². The van der Waals surface area contributed by atoms with Crippen LogP contribution in [0.1, 0.15) is 32.8 Å². The van der Waals surface area contributed by atoms with E-state index in [4.69, 9.17) is 27.9 Å². The summed E-state index contributed by atoms with van der Waals surface area (Å²) in [5, 5.41) is 3.23. The fraction of sp³-hybridized carbons (Fsp3) is 0.417. The molecular weight excluding hydrogens is 513 g/mol. The minimum absolute atomic E-state index is 0.0704. The zero-order chi connectivity index (χ0) is 26.3. The normalized spacial score (nSPS) is 12.2. The molecule has 0 saturated carbocycles. The number of halogens is 2. The Morgan fingerprint density at radius 3 is 2.37 bits per heavy atom. The molecule has 0 fully saturated rings. The summed E-state index contributed by atoms with van der Waals surface area (Å²) in [5.74, 6) is -0.302. The van der Waals surface area contributed by atoms with Crippen molar-refractivity contribution in [2.45, 2.75) is 45.8 Å². The second-order valence-electron chi connectivity index (χ2n) is 8.33. The van der Waals surface area contributed by atoms with Gasteiger partial charge in [0, 0.05) is 17.6 Å². The molecule has 0 aromatic heterocycles. The van der Waals surface area contributed by atoms with E-state index in [9.17, 15) is 18.0 Å². The lowest BCUT2D eigenvalue weighted by Crippen LogP contribution is -2.53. The first-order valence-corrected chi connectivity index (χ1v) is 13.6. The molecule has 8 nitrogen and oxygen atoms in total. The molecule has 0 aliphatic carbocycles. The number of benzene rings is 2. The highest BCUT2D eigenvalue weighted by molar-refractivity contribution is 7.92. The van der Waals surface area contributed by atoms with Crippen LogP contribution in [0.15, 0.2) is 42.5 Å². The number of nitrogens with one attached hydrogen (secondary N) is 1. The van der Waals surface area contributed by atoms with Crippen molar-refractivity contribution in [1.82, 2.24) is 10.2 Å². The maximum absolute atomic E-state index is 13.7. The molecule has 192 valence electrons. The highest BCUT2D eigenvalue weighted by Gasteiger charge is 2.32. The van der Waals surface area contributed by atoms with E-state index in [0.717, 1.165) is 16.1 Å². The number of hydrogen-bond acceptors (Lipinski definition) is 5. The van der Waals surface area contributed by atoms with Crippen LogP contribution in [0.3, 0.4) is 0 Å². The number of amides is 2. The summed E-state index contributed by atoms with van der Waals surface area (Å²) >= 11 is 12.3. The van der Waals surface area contributed by atoms with Gasteiger partial charge in [0.2, 0.25) is 21.8 Å². The van der Waals surface area contributed by atoms with Crippen molar-refractivity contribution < 1.29 is 22.7 Å². The van der Waals surface area contributed by atoms with Gasteiger partial charge in [-0.25, -0.2) is 8.42 Å². The first-order valence-electron chi connectivity index (χ1n) is 11.0. The second kappa shape index (κ2) is 12.5. The van der Waals surface area contributed by atoms with E-state index in [-0.39, 0.29) is 34.2 Å². The van der Waals surface area contributed by atoms with Crippen molar-refractivity contribution in [1.29, 1.82) is 0 Å². The Labute approximate surface area is 217 Å². The number of anilines is 1. The van der Waals surface area contributed by atoms with E-state index in [1.165, 1.54) is 30.2 Å². The molecular formula is C24H31Cl2N3O5S. The Morgan fingerprint density at radius 1 is 1.11 bits per heavy atom. The van der Waals surface area contributed by atoms with Crippen molar-refractivity contribution in [3.63, 3.8) is 0 Å². The third-order valence-corrected chi connectivity index (χ3v) is 6.84. The number of methoxy groups -OCH3 is 1. The maximum Gasteiger partial charge on any atom is 0.244 e. The molecule has 0 saturated heterocycles. The largest absolute Gasteiger partial charge is 0.497 e. The van der Waals surface area contributed by atoms with Gasteiger partial charge < -0.3 is 15.0 Å². The van der Waals surface area contributed by atoms with Gasteiger partial charge in [-0.3, -0.25) is 13.9 Å². The standard InChI is InChI=1S/C24H31Cl2N3O5S/c1-6-21(24(31)27-16(2)3)28(14-17-8-7-9-19(12-17)34-4)23(30)15-29(35(5,32)33)22-13-18(25)10-11-20(22)26/h7-13,16,21H,6,14-15H2,1-5H3,(H,27,31). The van der Waals surface area contributed by atoms with Gasteiger partial charge in [-0.2, -0.15) is 0 Å². The summed E-state index contributed by atoms with van der Waals surface area (Å²) in [6.45, 7) is 4.95. The first-order chi connectivity index (χ1) is 16.4. The second-order valence-corrected chi connectivity index (χ2v) is 11.1. The van der Waals surface area contributed by atoms with Crippen LogP contribution in [0.4, 0.5) is 5.69 Å². The highest BCUT2D eigenvalue weighted by atomic mass is 35.5. The van der Waals surface area contributed by atoms with E-state index >= 15 is 0 Å². The van der Waals surface area contributed by atoms with Crippen LogP contribution < -0.4 is 14.4 Å². The molecule has 2 aromatic carbocycles. The smallest absolute Gasteiger partial charge is 0.244 e. The average Bonchev–Trinajstić information content (AvgIpc) is 2.77. The number of nitrogens with zero attached hydrogens (tertiary/aromatic N) is 2. The third-order valence-electron chi connectivity index (χ3n) is 5.16. The van der Waals surface area contributed by atoms with Crippen LogP contribution in [-0.4, -0.2) is 57.1 Å². The quantitative estimate of drug-likeness (QED) is 0.460. The van der Waals surface area contributed by atoms with Gasteiger partial charge in [0.05, 0.1) is 24.1 Å². The molecule has 2 amide bonds. The Balaban J connectivity index is 2.50. The summed E-state index contributed by atoms with van der Waals surface area (Å²) in [6, 6.07) is 10.5. The third kappa shape index (κ3) is 8.02. The van der Waals surface area contributed by atoms with Gasteiger partial charge in [0.15, 0.2) is 0 Å². The SMILES string of the molecule is CCC(C(=O)NC(C)C)N(Cc1cccc(OC)c1)C(=O)CN(c1cc(Cl)ccc1Cl)S(C)(=O)=O. The fourth-order valence-electron chi connectivity index (χ4n) is 3.54. The minimum Gasteiger partial charge on any atom is -0.497 e. The maximum atomic E-state index is 13.7. The minimum atomic E-state index is -3.92. The van der Waals surface area contributed by atoms with E-state index in [2.05, 4.69) is 5.32 Å². The number of hydrogen-bond donors (Lipinski definition) is 1. The summed E-state index contributed by atoms with van der Waals surface area (Å²) in [4.78, 5) is 28.0. The lowest BCUT2D eigenvalue weighted by atomic mass is 10.1. The monoisotopic (exact) mass is 543 g/mol. The summed E-state index contributed by atoms with van der Waals surface area (Å²) in [7, 11) is -2.39. The molecule has 0 bridgehead atoms. The molecule has 11 heteroatoms. The van der Waals surface area contributed by atoms with E-state index in [0.29, 0.717) is 12.2 Å². The van der Waals surface area contributed by atoms with Crippen molar-refractivity contribution in [3.8, 4) is 5.75 Å². The van der Waals surface area contributed by atoms with Crippen molar-refractivity contribution >= 4 is 50.7 Å². The Morgan fingerprint density at radius 2 is 1.80 bits per heavy atom. The summed E-state index contributed by atoms with van der Waals surface area (Å²) < 4.78 is 31.5. The van der Waals surface area contributed by atoms with Crippen LogP contribution in [0.5, 0.6) is 5.75 Å². The molecule has 2 aromatic rings. The van der Waals surface area contributed by atoms with Crippen LogP contribution in [0.25, 0.3) is 0 Å². The molecule has 0 spiro atoms. The van der Waals surface area contributed by atoms with Gasteiger partial charge in [0.1, 0.15) is 18.3 Å². The van der Waals surface area contributed by atoms with Crippen molar-refractivity contribution in [2.24, 2.45) is 0 Å². The molecule has 1 unspecified atom stereocenters. The lowest BCUT2D eigenvalue weighted by molar-refractivity contribution is -0.140. The van der Waals surface area contributed by atoms with Crippen LogP contribution >= 0.6 is 23.2 Å². The first kappa shape index (κ1) is 28.7. The number of rotatable bonds is 11.